The van der Waals surface area contributed by atoms with Crippen molar-refractivity contribution >= 4 is 18.3 Å². The highest BCUT2D eigenvalue weighted by Crippen LogP contribution is 2.24. The minimum atomic E-state index is 0. The summed E-state index contributed by atoms with van der Waals surface area (Å²) in [5.41, 5.74) is 2.18. The minimum absolute atomic E-state index is 0. The lowest BCUT2D eigenvalue weighted by Gasteiger charge is -2.17. The molecule has 0 aliphatic carbocycles. The third-order valence-corrected chi connectivity index (χ3v) is 4.47. The van der Waals surface area contributed by atoms with Gasteiger partial charge >= 0.3 is 0 Å². The first-order chi connectivity index (χ1) is 11.2. The summed E-state index contributed by atoms with van der Waals surface area (Å²) in [6.07, 6.45) is 3.85. The number of amides is 1. The Hall–Kier alpha value is -1.30. The predicted octanol–water partition coefficient (Wildman–Crippen LogP) is 2.34. The lowest BCUT2D eigenvalue weighted by atomic mass is 10.1. The van der Waals surface area contributed by atoms with Crippen LogP contribution in [0.25, 0.3) is 0 Å². The summed E-state index contributed by atoms with van der Waals surface area (Å²) in [5, 5.41) is 6.37. The van der Waals surface area contributed by atoms with Gasteiger partial charge in [0.1, 0.15) is 11.9 Å². The third kappa shape index (κ3) is 5.36. The van der Waals surface area contributed by atoms with Crippen molar-refractivity contribution in [3.63, 3.8) is 0 Å². The molecule has 2 unspecified atom stereocenters. The molecule has 2 aliphatic heterocycles. The average molecular weight is 355 g/mol. The second-order valence-electron chi connectivity index (χ2n) is 6.49. The molecule has 1 amide bonds. The van der Waals surface area contributed by atoms with E-state index >= 15 is 0 Å². The van der Waals surface area contributed by atoms with Crippen LogP contribution in [0.15, 0.2) is 18.2 Å². The van der Waals surface area contributed by atoms with Gasteiger partial charge in [0.2, 0.25) is 5.91 Å². The number of nitrogens with one attached hydrogen (secondary N) is 2. The Morgan fingerprint density at radius 3 is 3.00 bits per heavy atom. The number of hydrogen-bond acceptors (Lipinski definition) is 4. The van der Waals surface area contributed by atoms with Gasteiger partial charge in [0.05, 0.1) is 13.2 Å². The van der Waals surface area contributed by atoms with Gasteiger partial charge in [-0.15, -0.1) is 12.4 Å². The molecule has 0 saturated carbocycles. The standard InChI is InChI=1S/C18H26N2O3.ClH/c1-13-4-5-14(17(9-13)23-16-6-8-22-12-16)11-20-18(21)10-15-3-2-7-19-15;/h4-5,9,15-16,19H,2-3,6-8,10-12H2,1H3,(H,20,21);1H. The Balaban J connectivity index is 0.00000208. The van der Waals surface area contributed by atoms with Gasteiger partial charge in [-0.05, 0) is 37.9 Å². The molecule has 2 atom stereocenters. The Morgan fingerprint density at radius 2 is 2.29 bits per heavy atom. The number of rotatable bonds is 6. The monoisotopic (exact) mass is 354 g/mol. The molecular weight excluding hydrogens is 328 g/mol. The summed E-state index contributed by atoms with van der Waals surface area (Å²) in [4.78, 5) is 12.1. The van der Waals surface area contributed by atoms with Crippen molar-refractivity contribution < 1.29 is 14.3 Å². The van der Waals surface area contributed by atoms with Crippen molar-refractivity contribution in [3.05, 3.63) is 29.3 Å². The summed E-state index contributed by atoms with van der Waals surface area (Å²) >= 11 is 0. The lowest BCUT2D eigenvalue weighted by Crippen LogP contribution is -2.31. The van der Waals surface area contributed by atoms with Crippen LogP contribution in [-0.4, -0.2) is 37.8 Å². The summed E-state index contributed by atoms with van der Waals surface area (Å²) in [6.45, 7) is 4.99. The highest BCUT2D eigenvalue weighted by atomic mass is 35.5. The lowest BCUT2D eigenvalue weighted by molar-refractivity contribution is -0.121. The van der Waals surface area contributed by atoms with E-state index < -0.39 is 0 Å². The molecule has 0 spiro atoms. The largest absolute Gasteiger partial charge is 0.488 e. The molecule has 6 heteroatoms. The number of benzene rings is 1. The maximum atomic E-state index is 12.1. The number of halogens is 1. The Labute approximate surface area is 149 Å². The average Bonchev–Trinajstić information content (AvgIpc) is 3.20. The van der Waals surface area contributed by atoms with Crippen LogP contribution in [0.4, 0.5) is 0 Å². The minimum Gasteiger partial charge on any atom is -0.488 e. The van der Waals surface area contributed by atoms with Crippen LogP contribution in [0, 0.1) is 6.92 Å². The van der Waals surface area contributed by atoms with E-state index in [2.05, 4.69) is 16.7 Å². The number of hydrogen-bond donors (Lipinski definition) is 2. The first kappa shape index (κ1) is 19.0. The molecule has 0 bridgehead atoms. The quantitative estimate of drug-likeness (QED) is 0.823. The van der Waals surface area contributed by atoms with Crippen LogP contribution >= 0.6 is 12.4 Å². The van der Waals surface area contributed by atoms with Gasteiger partial charge in [0.15, 0.2) is 0 Å². The topological polar surface area (TPSA) is 59.6 Å². The molecule has 1 aromatic rings. The fourth-order valence-electron chi connectivity index (χ4n) is 3.12. The van der Waals surface area contributed by atoms with E-state index in [9.17, 15) is 4.79 Å². The normalized spacial score (nSPS) is 22.9. The number of carbonyl (C=O) groups is 1. The molecule has 1 aromatic carbocycles. The summed E-state index contributed by atoms with van der Waals surface area (Å²) in [6, 6.07) is 6.46. The zero-order valence-corrected chi connectivity index (χ0v) is 15.0. The predicted molar refractivity (Wildman–Crippen MR) is 95.8 cm³/mol. The van der Waals surface area contributed by atoms with Crippen LogP contribution in [0.1, 0.15) is 36.8 Å². The zero-order chi connectivity index (χ0) is 16.1. The molecule has 3 rings (SSSR count). The van der Waals surface area contributed by atoms with Crippen LogP contribution in [0.3, 0.4) is 0 Å². The fraction of sp³-hybridized carbons (Fsp3) is 0.611. The van der Waals surface area contributed by atoms with E-state index in [1.807, 2.05) is 19.1 Å². The van der Waals surface area contributed by atoms with Crippen molar-refractivity contribution in [1.29, 1.82) is 0 Å². The first-order valence-corrected chi connectivity index (χ1v) is 8.55. The van der Waals surface area contributed by atoms with Crippen LogP contribution < -0.4 is 15.4 Å². The van der Waals surface area contributed by atoms with Gasteiger partial charge in [0.25, 0.3) is 0 Å². The molecule has 2 saturated heterocycles. The number of carbonyl (C=O) groups excluding carboxylic acids is 1. The molecule has 2 N–H and O–H groups in total. The van der Waals surface area contributed by atoms with Gasteiger partial charge in [0, 0.05) is 31.0 Å². The Bertz CT molecular complexity index is 541. The van der Waals surface area contributed by atoms with Gasteiger partial charge < -0.3 is 20.1 Å². The van der Waals surface area contributed by atoms with Gasteiger partial charge in [-0.1, -0.05) is 12.1 Å². The van der Waals surface area contributed by atoms with Gasteiger partial charge in [-0.3, -0.25) is 4.79 Å². The second-order valence-corrected chi connectivity index (χ2v) is 6.49. The van der Waals surface area contributed by atoms with Gasteiger partial charge in [-0.2, -0.15) is 0 Å². The van der Waals surface area contributed by atoms with Crippen molar-refractivity contribution in [1.82, 2.24) is 10.6 Å². The van der Waals surface area contributed by atoms with Crippen molar-refractivity contribution in [2.75, 3.05) is 19.8 Å². The smallest absolute Gasteiger partial charge is 0.221 e. The number of ether oxygens (including phenoxy) is 2. The SMILES string of the molecule is Cc1ccc(CNC(=O)CC2CCCN2)c(OC2CCOC2)c1.Cl. The van der Waals surface area contributed by atoms with E-state index in [4.69, 9.17) is 9.47 Å². The molecule has 2 aliphatic rings. The maximum absolute atomic E-state index is 12.1. The van der Waals surface area contributed by atoms with Crippen molar-refractivity contribution in [2.24, 2.45) is 0 Å². The zero-order valence-electron chi connectivity index (χ0n) is 14.2. The highest BCUT2D eigenvalue weighted by molar-refractivity contribution is 5.85. The maximum Gasteiger partial charge on any atom is 0.221 e. The second kappa shape index (κ2) is 9.25. The summed E-state index contributed by atoms with van der Waals surface area (Å²) < 4.78 is 11.4. The molecule has 2 fully saturated rings. The van der Waals surface area contributed by atoms with E-state index in [1.165, 1.54) is 0 Å². The molecule has 2 heterocycles. The molecular formula is C18H27ClN2O3. The number of aryl methyl sites for hydroxylation is 1. The first-order valence-electron chi connectivity index (χ1n) is 8.55. The third-order valence-electron chi connectivity index (χ3n) is 4.47. The van der Waals surface area contributed by atoms with E-state index in [1.54, 1.807) is 0 Å². The summed E-state index contributed by atoms with van der Waals surface area (Å²) in [7, 11) is 0. The Kier molecular flexibility index (Phi) is 7.34. The van der Waals surface area contributed by atoms with Crippen molar-refractivity contribution in [3.8, 4) is 5.75 Å². The Morgan fingerprint density at radius 1 is 1.42 bits per heavy atom. The summed E-state index contributed by atoms with van der Waals surface area (Å²) in [5.74, 6) is 0.958. The van der Waals surface area contributed by atoms with Gasteiger partial charge in [-0.25, -0.2) is 0 Å². The molecule has 0 aromatic heterocycles. The molecule has 5 nitrogen and oxygen atoms in total. The van der Waals surface area contributed by atoms with Crippen LogP contribution in [0.2, 0.25) is 0 Å². The molecule has 0 radical (unpaired) electrons. The van der Waals surface area contributed by atoms with E-state index in [0.29, 0.717) is 25.6 Å². The molecule has 24 heavy (non-hydrogen) atoms. The van der Waals surface area contributed by atoms with Crippen LogP contribution in [0.5, 0.6) is 5.75 Å². The highest BCUT2D eigenvalue weighted by Gasteiger charge is 2.20. The van der Waals surface area contributed by atoms with E-state index in [0.717, 1.165) is 49.3 Å². The van der Waals surface area contributed by atoms with Crippen LogP contribution in [-0.2, 0) is 16.1 Å². The van der Waals surface area contributed by atoms with Crippen molar-refractivity contribution in [2.45, 2.75) is 51.3 Å². The van der Waals surface area contributed by atoms with E-state index in [-0.39, 0.29) is 24.4 Å². The molecule has 134 valence electrons. The fourth-order valence-corrected chi connectivity index (χ4v) is 3.12.